The average Bonchev–Trinajstić information content (AvgIpc) is 3.17. The third-order valence-corrected chi connectivity index (χ3v) is 7.00. The third kappa shape index (κ3) is 4.97. The number of halogens is 1. The van der Waals surface area contributed by atoms with Crippen LogP contribution < -0.4 is 19.9 Å². The van der Waals surface area contributed by atoms with E-state index in [4.69, 9.17) is 9.47 Å². The molecule has 4 rings (SSSR count). The minimum atomic E-state index is -0.757. The number of hydrogen-bond donors (Lipinski definition) is 1. The summed E-state index contributed by atoms with van der Waals surface area (Å²) in [5.74, 6) is -0.0540. The topological polar surface area (TPSA) is 88.2 Å². The van der Waals surface area contributed by atoms with Crippen molar-refractivity contribution in [2.24, 2.45) is 0 Å². The molecule has 170 valence electrons. The molecule has 1 aromatic heterocycles. The number of carbonyl (C=O) groups is 3. The summed E-state index contributed by atoms with van der Waals surface area (Å²) in [7, 11) is 0. The van der Waals surface area contributed by atoms with Gasteiger partial charge in [-0.15, -0.1) is 0 Å². The highest BCUT2D eigenvalue weighted by Crippen LogP contribution is 2.33. The van der Waals surface area contributed by atoms with Gasteiger partial charge in [0.2, 0.25) is 11.8 Å². The molecule has 10 heteroatoms. The van der Waals surface area contributed by atoms with Gasteiger partial charge in [-0.05, 0) is 65.7 Å². The van der Waals surface area contributed by atoms with Crippen LogP contribution in [0, 0.1) is 6.92 Å². The Morgan fingerprint density at radius 3 is 2.72 bits per heavy atom. The van der Waals surface area contributed by atoms with E-state index in [1.807, 2.05) is 32.0 Å². The summed E-state index contributed by atoms with van der Waals surface area (Å²) in [6.45, 7) is 5.52. The zero-order valence-corrected chi connectivity index (χ0v) is 20.3. The number of hydrogen-bond acceptors (Lipinski definition) is 6. The van der Waals surface area contributed by atoms with E-state index in [9.17, 15) is 14.4 Å². The summed E-state index contributed by atoms with van der Waals surface area (Å²) < 4.78 is 11.6. The molecule has 0 radical (unpaired) electrons. The van der Waals surface area contributed by atoms with Crippen molar-refractivity contribution in [3.05, 3.63) is 39.7 Å². The predicted octanol–water partition coefficient (Wildman–Crippen LogP) is 3.86. The van der Waals surface area contributed by atoms with Crippen molar-refractivity contribution in [1.82, 2.24) is 5.32 Å². The van der Waals surface area contributed by atoms with Gasteiger partial charge < -0.3 is 24.6 Å². The average molecular weight is 522 g/mol. The Morgan fingerprint density at radius 1 is 1.19 bits per heavy atom. The quantitative estimate of drug-likeness (QED) is 0.659. The van der Waals surface area contributed by atoms with Crippen LogP contribution in [-0.2, 0) is 14.3 Å². The van der Waals surface area contributed by atoms with Crippen molar-refractivity contribution in [3.8, 4) is 5.06 Å². The fraction of sp³-hybridized carbons (Fsp3) is 0.409. The van der Waals surface area contributed by atoms with Gasteiger partial charge in [-0.2, -0.15) is 0 Å². The molecular weight excluding hydrogens is 498 g/mol. The number of nitrogens with zero attached hydrogens (tertiary/aromatic N) is 2. The molecule has 8 nitrogen and oxygen atoms in total. The van der Waals surface area contributed by atoms with E-state index >= 15 is 0 Å². The van der Waals surface area contributed by atoms with Gasteiger partial charge in [0.1, 0.15) is 0 Å². The summed E-state index contributed by atoms with van der Waals surface area (Å²) in [4.78, 5) is 40.9. The minimum absolute atomic E-state index is 0.0312. The first kappa shape index (κ1) is 22.8. The Morgan fingerprint density at radius 2 is 2.00 bits per heavy atom. The molecule has 1 unspecified atom stereocenters. The molecule has 0 spiro atoms. The van der Waals surface area contributed by atoms with Crippen LogP contribution in [0.3, 0.4) is 0 Å². The molecule has 0 bridgehead atoms. The maximum atomic E-state index is 12.8. The molecule has 2 aromatic rings. The van der Waals surface area contributed by atoms with Crippen LogP contribution in [0.4, 0.5) is 16.2 Å². The lowest BCUT2D eigenvalue weighted by Gasteiger charge is -2.26. The predicted molar refractivity (Wildman–Crippen MR) is 126 cm³/mol. The van der Waals surface area contributed by atoms with Gasteiger partial charge in [0, 0.05) is 24.5 Å². The molecule has 1 aromatic carbocycles. The molecule has 32 heavy (non-hydrogen) atoms. The number of anilines is 2. The Kier molecular flexibility index (Phi) is 6.55. The number of amides is 3. The second-order valence-corrected chi connectivity index (χ2v) is 10.6. The highest BCUT2D eigenvalue weighted by atomic mass is 79.9. The van der Waals surface area contributed by atoms with Crippen molar-refractivity contribution >= 4 is 56.5 Å². The summed E-state index contributed by atoms with van der Waals surface area (Å²) in [6, 6.07) is 9.11. The van der Waals surface area contributed by atoms with Gasteiger partial charge in [-0.3, -0.25) is 9.59 Å². The summed E-state index contributed by atoms with van der Waals surface area (Å²) in [6.07, 6.45) is -0.0715. The van der Waals surface area contributed by atoms with E-state index in [2.05, 4.69) is 21.2 Å². The van der Waals surface area contributed by atoms with Crippen molar-refractivity contribution < 1.29 is 23.9 Å². The molecule has 2 saturated heterocycles. The van der Waals surface area contributed by atoms with E-state index in [1.54, 1.807) is 21.9 Å². The largest absolute Gasteiger partial charge is 0.413 e. The van der Waals surface area contributed by atoms with Gasteiger partial charge in [0.05, 0.1) is 35.4 Å². The van der Waals surface area contributed by atoms with Crippen LogP contribution in [0.2, 0.25) is 0 Å². The first-order valence-electron chi connectivity index (χ1n) is 10.3. The number of rotatable bonds is 4. The van der Waals surface area contributed by atoms with E-state index in [1.165, 1.54) is 11.3 Å². The van der Waals surface area contributed by atoms with E-state index in [0.29, 0.717) is 37.8 Å². The second kappa shape index (κ2) is 9.21. The fourth-order valence-corrected chi connectivity index (χ4v) is 5.19. The smallest absolute Gasteiger partial charge is 0.399 e. The maximum absolute atomic E-state index is 12.8. The van der Waals surface area contributed by atoms with Crippen molar-refractivity contribution in [2.45, 2.75) is 32.2 Å². The van der Waals surface area contributed by atoms with Crippen LogP contribution in [0.25, 0.3) is 0 Å². The van der Waals surface area contributed by atoms with Crippen molar-refractivity contribution in [2.75, 3.05) is 36.1 Å². The van der Waals surface area contributed by atoms with Crippen LogP contribution in [0.5, 0.6) is 5.06 Å². The zero-order chi connectivity index (χ0) is 22.9. The SMILES string of the molecule is Cc1cc(N2CC(C)(NC(=O)Oc3ccc(Br)s3)CC2=O)ccc1N1CCOCCC1=O. The molecule has 2 aliphatic heterocycles. The number of ether oxygens (including phenoxy) is 2. The molecule has 1 atom stereocenters. The van der Waals surface area contributed by atoms with E-state index in [0.717, 1.165) is 20.7 Å². The van der Waals surface area contributed by atoms with Crippen molar-refractivity contribution in [3.63, 3.8) is 0 Å². The molecule has 0 saturated carbocycles. The molecule has 3 heterocycles. The monoisotopic (exact) mass is 521 g/mol. The summed E-state index contributed by atoms with van der Waals surface area (Å²) in [5.41, 5.74) is 1.70. The van der Waals surface area contributed by atoms with Crippen LogP contribution in [-0.4, -0.2) is 49.7 Å². The third-order valence-electron chi connectivity index (χ3n) is 5.50. The number of benzene rings is 1. The van der Waals surface area contributed by atoms with Crippen LogP contribution >= 0.6 is 27.3 Å². The molecule has 1 N–H and O–H groups in total. The standard InChI is InChI=1S/C22H24BrN3O5S/c1-14-11-15(3-4-16(14)25-8-10-30-9-7-18(25)27)26-13-22(2,12-19(26)28)24-21(29)31-20-6-5-17(23)32-20/h3-6,11H,7-10,12-13H2,1-2H3,(H,24,29). The van der Waals surface area contributed by atoms with Gasteiger partial charge in [-0.25, -0.2) is 4.79 Å². The molecule has 2 fully saturated rings. The first-order chi connectivity index (χ1) is 15.2. The van der Waals surface area contributed by atoms with Gasteiger partial charge in [-0.1, -0.05) is 11.3 Å². The summed E-state index contributed by atoms with van der Waals surface area (Å²) in [5, 5.41) is 3.31. The van der Waals surface area contributed by atoms with Gasteiger partial charge in [0.15, 0.2) is 5.06 Å². The lowest BCUT2D eigenvalue weighted by Crippen LogP contribution is -2.49. The molecule has 2 aliphatic rings. The lowest BCUT2D eigenvalue weighted by molar-refractivity contribution is -0.119. The number of nitrogens with one attached hydrogen (secondary N) is 1. The Hall–Kier alpha value is -2.43. The van der Waals surface area contributed by atoms with E-state index < -0.39 is 11.6 Å². The fourth-order valence-electron chi connectivity index (χ4n) is 4.00. The molecule has 3 amide bonds. The van der Waals surface area contributed by atoms with Crippen LogP contribution in [0.1, 0.15) is 25.3 Å². The molecular formula is C22H24BrN3O5S. The van der Waals surface area contributed by atoms with Crippen molar-refractivity contribution in [1.29, 1.82) is 0 Å². The van der Waals surface area contributed by atoms with Gasteiger partial charge >= 0.3 is 6.09 Å². The zero-order valence-electron chi connectivity index (χ0n) is 17.9. The maximum Gasteiger partial charge on any atom is 0.413 e. The Bertz CT molecular complexity index is 1060. The highest BCUT2D eigenvalue weighted by molar-refractivity contribution is 9.11. The lowest BCUT2D eigenvalue weighted by atomic mass is 10.0. The highest BCUT2D eigenvalue weighted by Gasteiger charge is 2.42. The summed E-state index contributed by atoms with van der Waals surface area (Å²) >= 11 is 4.64. The molecule has 0 aliphatic carbocycles. The Balaban J connectivity index is 1.45. The number of aryl methyl sites for hydroxylation is 1. The second-order valence-electron chi connectivity index (χ2n) is 8.17. The minimum Gasteiger partial charge on any atom is -0.399 e. The van der Waals surface area contributed by atoms with E-state index in [-0.39, 0.29) is 18.2 Å². The normalized spacial score (nSPS) is 21.6. The van der Waals surface area contributed by atoms with Crippen LogP contribution in [0.15, 0.2) is 34.1 Å². The Labute approximate surface area is 198 Å². The number of carbonyl (C=O) groups excluding carboxylic acids is 3. The first-order valence-corrected chi connectivity index (χ1v) is 11.9. The number of thiophene rings is 1. The van der Waals surface area contributed by atoms with Gasteiger partial charge in [0.25, 0.3) is 0 Å².